The number of benzene rings is 1. The Morgan fingerprint density at radius 2 is 2.00 bits per heavy atom. The molecule has 1 aliphatic heterocycles. The molecule has 0 aromatic heterocycles. The first kappa shape index (κ1) is 14.4. The van der Waals surface area contributed by atoms with E-state index in [1.807, 2.05) is 12.1 Å². The highest BCUT2D eigenvalue weighted by Gasteiger charge is 2.23. The van der Waals surface area contributed by atoms with Crippen LogP contribution < -0.4 is 0 Å². The monoisotopic (exact) mass is 282 g/mol. The Morgan fingerprint density at radius 3 is 2.58 bits per heavy atom. The van der Waals surface area contributed by atoms with Crippen molar-refractivity contribution in [3.8, 4) is 0 Å². The van der Waals surface area contributed by atoms with E-state index in [1.54, 1.807) is 12.1 Å². The largest absolute Gasteiger partial charge is 0.465 e. The Bertz CT molecular complexity index is 412. The number of hydrogen-bond donors (Lipinski definition) is 1. The van der Waals surface area contributed by atoms with Crippen molar-refractivity contribution in [2.24, 2.45) is 0 Å². The molecule has 0 unspecified atom stereocenters. The molecule has 0 radical (unpaired) electrons. The van der Waals surface area contributed by atoms with Gasteiger partial charge < -0.3 is 14.2 Å². The number of ether oxygens (including phenoxy) is 3. The van der Waals surface area contributed by atoms with Crippen LogP contribution in [0.3, 0.4) is 0 Å². The van der Waals surface area contributed by atoms with Crippen molar-refractivity contribution in [1.82, 2.24) is 0 Å². The number of carbonyl (C=O) groups is 1. The van der Waals surface area contributed by atoms with E-state index < -0.39 is 0 Å². The average molecular weight is 282 g/mol. The van der Waals surface area contributed by atoms with Crippen LogP contribution in [0.1, 0.15) is 22.3 Å². The van der Waals surface area contributed by atoms with Gasteiger partial charge in [-0.2, -0.15) is 12.6 Å². The van der Waals surface area contributed by atoms with Crippen molar-refractivity contribution in [3.63, 3.8) is 0 Å². The van der Waals surface area contributed by atoms with E-state index in [0.29, 0.717) is 18.8 Å². The molecule has 1 aromatic rings. The molecule has 1 atom stereocenters. The topological polar surface area (TPSA) is 44.8 Å². The number of aryl methyl sites for hydroxylation is 1. The lowest BCUT2D eigenvalue weighted by Gasteiger charge is -2.16. The van der Waals surface area contributed by atoms with Crippen molar-refractivity contribution in [3.05, 3.63) is 35.4 Å². The van der Waals surface area contributed by atoms with Gasteiger partial charge in [0.1, 0.15) is 0 Å². The highest BCUT2D eigenvalue weighted by molar-refractivity contribution is 7.81. The molecule has 0 N–H and O–H groups in total. The van der Waals surface area contributed by atoms with Crippen molar-refractivity contribution >= 4 is 18.6 Å². The Kier molecular flexibility index (Phi) is 5.24. The molecule has 0 saturated carbocycles. The molecule has 19 heavy (non-hydrogen) atoms. The molecule has 4 nitrogen and oxygen atoms in total. The highest BCUT2D eigenvalue weighted by Crippen LogP contribution is 2.19. The Hall–Kier alpha value is -1.04. The summed E-state index contributed by atoms with van der Waals surface area (Å²) in [6, 6.07) is 7.42. The second-order valence-electron chi connectivity index (χ2n) is 4.40. The number of thiol groups is 1. The van der Waals surface area contributed by atoms with E-state index in [2.05, 4.69) is 17.4 Å². The van der Waals surface area contributed by atoms with Crippen LogP contribution in [0.25, 0.3) is 0 Å². The van der Waals surface area contributed by atoms with E-state index in [0.717, 1.165) is 18.4 Å². The van der Waals surface area contributed by atoms with Crippen LogP contribution >= 0.6 is 12.6 Å². The van der Waals surface area contributed by atoms with Crippen LogP contribution in [0.5, 0.6) is 0 Å². The molecule has 1 aromatic carbocycles. The first-order valence-corrected chi connectivity index (χ1v) is 6.81. The lowest BCUT2D eigenvalue weighted by molar-refractivity contribution is -0.0423. The molecular formula is C14H18O4S. The molecule has 0 amide bonds. The van der Waals surface area contributed by atoms with Crippen molar-refractivity contribution < 1.29 is 19.0 Å². The Morgan fingerprint density at radius 1 is 1.37 bits per heavy atom. The van der Waals surface area contributed by atoms with Crippen LogP contribution in [0, 0.1) is 0 Å². The fourth-order valence-electron chi connectivity index (χ4n) is 1.97. The van der Waals surface area contributed by atoms with Crippen LogP contribution in [-0.2, 0) is 20.6 Å². The fourth-order valence-corrected chi connectivity index (χ4v) is 2.28. The number of methoxy groups -OCH3 is 1. The average Bonchev–Trinajstić information content (AvgIpc) is 2.98. The molecule has 0 spiro atoms. The van der Waals surface area contributed by atoms with Gasteiger partial charge in [-0.25, -0.2) is 4.79 Å². The summed E-state index contributed by atoms with van der Waals surface area (Å²) in [4.78, 5) is 11.3. The summed E-state index contributed by atoms with van der Waals surface area (Å²) in [5, 5.41) is 0.0720. The molecule has 1 saturated heterocycles. The SMILES string of the molecule is COC(=O)c1ccc(CC[C@@H](S)C2OCCO2)cc1. The van der Waals surface area contributed by atoms with E-state index in [4.69, 9.17) is 9.47 Å². The van der Waals surface area contributed by atoms with Crippen LogP contribution in [0.2, 0.25) is 0 Å². The summed E-state index contributed by atoms with van der Waals surface area (Å²) < 4.78 is 15.5. The van der Waals surface area contributed by atoms with E-state index in [1.165, 1.54) is 7.11 Å². The summed E-state index contributed by atoms with van der Waals surface area (Å²) in [6.45, 7) is 1.30. The molecule has 0 aliphatic carbocycles. The second kappa shape index (κ2) is 6.93. The summed E-state index contributed by atoms with van der Waals surface area (Å²) in [7, 11) is 1.38. The van der Waals surface area contributed by atoms with Crippen LogP contribution in [-0.4, -0.2) is 37.8 Å². The van der Waals surface area contributed by atoms with Crippen molar-refractivity contribution in [2.45, 2.75) is 24.4 Å². The van der Waals surface area contributed by atoms with Crippen molar-refractivity contribution in [1.29, 1.82) is 0 Å². The van der Waals surface area contributed by atoms with Gasteiger partial charge in [0.05, 0.1) is 31.1 Å². The molecule has 5 heteroatoms. The Balaban J connectivity index is 1.84. The standard InChI is InChI=1S/C14H18O4S/c1-16-13(15)11-5-2-10(3-6-11)4-7-12(19)14-17-8-9-18-14/h2-3,5-6,12,14,19H,4,7-9H2,1H3/t12-/m1/s1. The van der Waals surface area contributed by atoms with Gasteiger partial charge in [0.2, 0.25) is 0 Å². The van der Waals surface area contributed by atoms with E-state index in [-0.39, 0.29) is 17.5 Å². The van der Waals surface area contributed by atoms with Gasteiger partial charge >= 0.3 is 5.97 Å². The molecule has 2 rings (SSSR count). The predicted molar refractivity (Wildman–Crippen MR) is 74.6 cm³/mol. The van der Waals surface area contributed by atoms with Gasteiger partial charge in [-0.05, 0) is 30.5 Å². The third-order valence-corrected chi connectivity index (χ3v) is 3.57. The zero-order valence-electron chi connectivity index (χ0n) is 10.9. The van der Waals surface area contributed by atoms with Crippen molar-refractivity contribution in [2.75, 3.05) is 20.3 Å². The maximum absolute atomic E-state index is 11.3. The predicted octanol–water partition coefficient (Wildman–Crippen LogP) is 2.08. The third kappa shape index (κ3) is 3.96. The van der Waals surface area contributed by atoms with E-state index >= 15 is 0 Å². The molecule has 1 fully saturated rings. The number of esters is 1. The normalized spacial score (nSPS) is 17.4. The fraction of sp³-hybridized carbons (Fsp3) is 0.500. The third-order valence-electron chi connectivity index (χ3n) is 3.07. The quantitative estimate of drug-likeness (QED) is 0.663. The molecule has 104 valence electrons. The van der Waals surface area contributed by atoms with Gasteiger partial charge in [0.25, 0.3) is 0 Å². The first-order valence-electron chi connectivity index (χ1n) is 6.29. The Labute approximate surface area is 118 Å². The van der Waals surface area contributed by atoms with Crippen LogP contribution in [0.15, 0.2) is 24.3 Å². The van der Waals surface area contributed by atoms with E-state index in [9.17, 15) is 4.79 Å². The molecular weight excluding hydrogens is 264 g/mol. The summed E-state index contributed by atoms with van der Waals surface area (Å²) in [5.41, 5.74) is 1.72. The maximum Gasteiger partial charge on any atom is 0.337 e. The molecule has 0 bridgehead atoms. The summed E-state index contributed by atoms with van der Waals surface area (Å²) in [5.74, 6) is -0.314. The summed E-state index contributed by atoms with van der Waals surface area (Å²) in [6.07, 6.45) is 1.54. The minimum Gasteiger partial charge on any atom is -0.465 e. The highest BCUT2D eigenvalue weighted by atomic mass is 32.1. The van der Waals surface area contributed by atoms with Gasteiger partial charge in [-0.15, -0.1) is 0 Å². The minimum absolute atomic E-state index is 0.0720. The molecule has 1 heterocycles. The number of rotatable bonds is 5. The van der Waals surface area contributed by atoms with Gasteiger partial charge in [-0.3, -0.25) is 0 Å². The van der Waals surface area contributed by atoms with Gasteiger partial charge in [0.15, 0.2) is 6.29 Å². The zero-order chi connectivity index (χ0) is 13.7. The maximum atomic E-state index is 11.3. The zero-order valence-corrected chi connectivity index (χ0v) is 11.8. The van der Waals surface area contributed by atoms with Gasteiger partial charge in [0, 0.05) is 0 Å². The lowest BCUT2D eigenvalue weighted by atomic mass is 10.1. The first-order chi connectivity index (χ1) is 9.20. The lowest BCUT2D eigenvalue weighted by Crippen LogP contribution is -2.22. The smallest absolute Gasteiger partial charge is 0.337 e. The van der Waals surface area contributed by atoms with Crippen LogP contribution in [0.4, 0.5) is 0 Å². The number of hydrogen-bond acceptors (Lipinski definition) is 5. The summed E-state index contributed by atoms with van der Waals surface area (Å²) >= 11 is 4.50. The number of carbonyl (C=O) groups excluding carboxylic acids is 1. The minimum atomic E-state index is -0.314. The van der Waals surface area contributed by atoms with Gasteiger partial charge in [-0.1, -0.05) is 12.1 Å². The molecule has 1 aliphatic rings. The second-order valence-corrected chi connectivity index (χ2v) is 5.07.